The summed E-state index contributed by atoms with van der Waals surface area (Å²) in [4.78, 5) is 0. The molecule has 0 radical (unpaired) electrons. The summed E-state index contributed by atoms with van der Waals surface area (Å²) in [6.45, 7) is 4.84. The molecule has 0 saturated carbocycles. The van der Waals surface area contributed by atoms with E-state index in [0.717, 1.165) is 0 Å². The third-order valence-electron chi connectivity index (χ3n) is 15.8. The van der Waals surface area contributed by atoms with E-state index in [1.54, 1.807) is 0 Å². The fourth-order valence-electron chi connectivity index (χ4n) is 12.8. The molecule has 0 heteroatoms. The van der Waals surface area contributed by atoms with Gasteiger partial charge in [0.05, 0.1) is 0 Å². The van der Waals surface area contributed by atoms with Gasteiger partial charge in [0.15, 0.2) is 0 Å². The number of hydrogen-bond acceptors (Lipinski definition) is 0. The molecule has 0 unspecified atom stereocenters. The topological polar surface area (TPSA) is 0 Å². The van der Waals surface area contributed by atoms with Crippen molar-refractivity contribution in [2.24, 2.45) is 0 Å². The van der Waals surface area contributed by atoms with Crippen molar-refractivity contribution in [2.75, 3.05) is 0 Å². The summed E-state index contributed by atoms with van der Waals surface area (Å²) in [6.07, 6.45) is 0. The van der Waals surface area contributed by atoms with E-state index < -0.39 is 0 Å². The van der Waals surface area contributed by atoms with Gasteiger partial charge in [-0.25, -0.2) is 0 Å². The van der Waals surface area contributed by atoms with Crippen molar-refractivity contribution in [3.05, 3.63) is 230 Å². The molecule has 0 nitrogen and oxygen atoms in total. The van der Waals surface area contributed by atoms with Crippen molar-refractivity contribution in [1.29, 1.82) is 0 Å². The number of hydrogen-bond donors (Lipinski definition) is 0. The summed E-state index contributed by atoms with van der Waals surface area (Å²) < 4.78 is 0. The second-order valence-corrected chi connectivity index (χ2v) is 19.4. The normalized spacial score (nSPS) is 13.3. The Morgan fingerprint density at radius 2 is 0.657 bits per heavy atom. The maximum Gasteiger partial charge on any atom is 0.0159 e. The van der Waals surface area contributed by atoms with Gasteiger partial charge in [-0.05, 0) is 173 Å². The maximum atomic E-state index is 2.60. The van der Waals surface area contributed by atoms with Gasteiger partial charge in [-0.1, -0.05) is 214 Å². The summed E-state index contributed by atoms with van der Waals surface area (Å²) in [5, 5.41) is 10.4. The Hall–Kier alpha value is -8.32. The van der Waals surface area contributed by atoms with Crippen LogP contribution >= 0.6 is 0 Å². The Balaban J connectivity index is 1.13. The first kappa shape index (κ1) is 37.0. The van der Waals surface area contributed by atoms with Crippen LogP contribution < -0.4 is 0 Å². The van der Waals surface area contributed by atoms with Gasteiger partial charge in [0.25, 0.3) is 0 Å². The maximum absolute atomic E-state index is 2.60. The molecule has 0 heterocycles. The molecule has 3 aliphatic carbocycles. The average molecular weight is 847 g/mol. The number of benzene rings is 12. The van der Waals surface area contributed by atoms with Crippen molar-refractivity contribution < 1.29 is 0 Å². The molecule has 0 saturated heterocycles. The van der Waals surface area contributed by atoms with Gasteiger partial charge in [0.2, 0.25) is 0 Å². The Morgan fingerprint density at radius 1 is 0.224 bits per heavy atom. The molecule has 0 aliphatic heterocycles. The molecule has 0 N–H and O–H groups in total. The molecule has 0 spiro atoms. The lowest BCUT2D eigenvalue weighted by Gasteiger charge is -2.25. The van der Waals surface area contributed by atoms with Crippen molar-refractivity contribution >= 4 is 43.1 Å². The minimum absolute atomic E-state index is 0.180. The second-order valence-electron chi connectivity index (χ2n) is 19.4. The van der Waals surface area contributed by atoms with Gasteiger partial charge < -0.3 is 0 Å². The molecule has 3 aliphatic rings. The van der Waals surface area contributed by atoms with Crippen LogP contribution in [0.4, 0.5) is 0 Å². The predicted octanol–water partition coefficient (Wildman–Crippen LogP) is 18.6. The summed E-state index contributed by atoms with van der Waals surface area (Å²) in [6, 6.07) is 82.9. The standard InChI is InChI=1S/C67H42/c1-67(2)61-29-13-12-24-47(61)57-37-59-60(38-62(57)67)66(55-35-33-53-46-23-11-9-21-44(46)49-26-15-28-51(55)64(49)53)58-36-40(42-19-7-6-18-41(42)39-16-4-3-5-17-39)30-31-56(58)65(59)54-34-32-52-45-22-10-8-20-43(45)48-25-14-27-50(54)63(48)52/h3-38H,1-2H3. The zero-order chi connectivity index (χ0) is 44.1. The highest BCUT2D eigenvalue weighted by Gasteiger charge is 2.37. The molecule has 0 bridgehead atoms. The van der Waals surface area contributed by atoms with E-state index in [2.05, 4.69) is 232 Å². The third-order valence-corrected chi connectivity index (χ3v) is 15.8. The van der Waals surface area contributed by atoms with Crippen LogP contribution in [-0.4, -0.2) is 0 Å². The second kappa shape index (κ2) is 13.4. The van der Waals surface area contributed by atoms with Crippen molar-refractivity contribution in [3.8, 4) is 100 Å². The van der Waals surface area contributed by atoms with Gasteiger partial charge in [-0.2, -0.15) is 0 Å². The van der Waals surface area contributed by atoms with Crippen LogP contribution in [0.15, 0.2) is 218 Å². The highest BCUT2D eigenvalue weighted by molar-refractivity contribution is 6.30. The molecule has 310 valence electrons. The molecule has 67 heavy (non-hydrogen) atoms. The molecule has 0 amide bonds. The van der Waals surface area contributed by atoms with E-state index in [1.807, 2.05) is 0 Å². The van der Waals surface area contributed by atoms with Crippen molar-refractivity contribution in [2.45, 2.75) is 19.3 Å². The van der Waals surface area contributed by atoms with Crippen LogP contribution in [0.5, 0.6) is 0 Å². The first-order chi connectivity index (χ1) is 33.0. The van der Waals surface area contributed by atoms with E-state index in [1.165, 1.54) is 154 Å². The zero-order valence-electron chi connectivity index (χ0n) is 37.3. The van der Waals surface area contributed by atoms with Crippen LogP contribution in [0, 0.1) is 0 Å². The fraction of sp³-hybridized carbons (Fsp3) is 0.0448. The van der Waals surface area contributed by atoms with Crippen LogP contribution in [0.25, 0.3) is 143 Å². The molecule has 12 aromatic rings. The summed E-state index contributed by atoms with van der Waals surface area (Å²) in [5.41, 5.74) is 25.8. The minimum atomic E-state index is -0.180. The van der Waals surface area contributed by atoms with Crippen molar-refractivity contribution in [3.63, 3.8) is 0 Å². The average Bonchev–Trinajstić information content (AvgIpc) is 3.97. The number of fused-ring (bicyclic) bond motifs is 11. The van der Waals surface area contributed by atoms with Crippen LogP contribution in [0.3, 0.4) is 0 Å². The molecule has 15 rings (SSSR count). The largest absolute Gasteiger partial charge is 0.0622 e. The lowest BCUT2D eigenvalue weighted by atomic mass is 9.78. The lowest BCUT2D eigenvalue weighted by Crippen LogP contribution is -2.14. The van der Waals surface area contributed by atoms with E-state index in [-0.39, 0.29) is 5.41 Å². The molecule has 0 atom stereocenters. The van der Waals surface area contributed by atoms with E-state index >= 15 is 0 Å². The summed E-state index contributed by atoms with van der Waals surface area (Å²) >= 11 is 0. The lowest BCUT2D eigenvalue weighted by molar-refractivity contribution is 0.661. The third kappa shape index (κ3) is 4.92. The summed E-state index contributed by atoms with van der Waals surface area (Å²) in [5.74, 6) is 0. The summed E-state index contributed by atoms with van der Waals surface area (Å²) in [7, 11) is 0. The first-order valence-corrected chi connectivity index (χ1v) is 23.7. The van der Waals surface area contributed by atoms with Gasteiger partial charge in [0.1, 0.15) is 0 Å². The Bertz CT molecular complexity index is 4100. The zero-order valence-corrected chi connectivity index (χ0v) is 37.3. The highest BCUT2D eigenvalue weighted by Crippen LogP contribution is 2.57. The van der Waals surface area contributed by atoms with Gasteiger partial charge in [-0.15, -0.1) is 0 Å². The van der Waals surface area contributed by atoms with E-state index in [9.17, 15) is 0 Å². The van der Waals surface area contributed by atoms with Crippen LogP contribution in [0.2, 0.25) is 0 Å². The van der Waals surface area contributed by atoms with Gasteiger partial charge in [0, 0.05) is 5.41 Å². The molecular weight excluding hydrogens is 805 g/mol. The van der Waals surface area contributed by atoms with E-state index in [4.69, 9.17) is 0 Å². The Labute approximate surface area is 390 Å². The fourth-order valence-corrected chi connectivity index (χ4v) is 12.8. The van der Waals surface area contributed by atoms with Crippen LogP contribution in [0.1, 0.15) is 25.0 Å². The van der Waals surface area contributed by atoms with E-state index in [0.29, 0.717) is 0 Å². The smallest absolute Gasteiger partial charge is 0.0159 e. The Kier molecular flexibility index (Phi) is 7.38. The monoisotopic (exact) mass is 846 g/mol. The van der Waals surface area contributed by atoms with Crippen LogP contribution in [-0.2, 0) is 5.41 Å². The SMILES string of the molecule is CC1(C)c2ccccc2-c2cc3c(-c4ccc5c6c(cccc46)-c4ccccc4-5)c4ccc(-c5ccccc5-c5ccccc5)cc4c(-c4ccc5c6c(cccc46)-c4ccccc4-5)c3cc21. The molecule has 12 aromatic carbocycles. The molecule has 0 fully saturated rings. The molecule has 0 aromatic heterocycles. The predicted molar refractivity (Wildman–Crippen MR) is 285 cm³/mol. The minimum Gasteiger partial charge on any atom is -0.0622 e. The first-order valence-electron chi connectivity index (χ1n) is 23.7. The highest BCUT2D eigenvalue weighted by atomic mass is 14.4. The van der Waals surface area contributed by atoms with Gasteiger partial charge >= 0.3 is 0 Å². The van der Waals surface area contributed by atoms with Gasteiger partial charge in [-0.3, -0.25) is 0 Å². The molecular formula is C67H42. The number of rotatable bonds is 4. The van der Waals surface area contributed by atoms with Crippen molar-refractivity contribution in [1.82, 2.24) is 0 Å². The quantitative estimate of drug-likeness (QED) is 0.155. The Morgan fingerprint density at radius 3 is 1.25 bits per heavy atom.